The minimum Gasteiger partial charge on any atom is -0.496 e. The lowest BCUT2D eigenvalue weighted by Crippen LogP contribution is -2.31. The molecule has 0 saturated carbocycles. The van der Waals surface area contributed by atoms with Crippen molar-refractivity contribution in [3.05, 3.63) is 75.2 Å². The number of hydrogen-bond donors (Lipinski definition) is 2. The number of aryl methyl sites for hydroxylation is 1. The highest BCUT2D eigenvalue weighted by Crippen LogP contribution is 2.24. The number of methoxy groups -OCH3 is 2. The first kappa shape index (κ1) is 22.6. The van der Waals surface area contributed by atoms with Crippen LogP contribution in [0.15, 0.2) is 41.3 Å². The zero-order chi connectivity index (χ0) is 23.4. The molecule has 0 bridgehead atoms. The third-order valence-electron chi connectivity index (χ3n) is 5.89. The number of nitrogens with zero attached hydrogens (tertiary/aromatic N) is 3. The number of amides is 1. The maximum Gasteiger partial charge on any atom is 0.257 e. The standard InChI is InChI=1S/C24H29N5O4/c1-16-13-25-21(27-16)15-28-9-8-18-23(20(33-3)12-22(30)29(18)11-10-28)24(31)26-14-17-6-4-5-7-19(17)32-2/h4-7,12-13H,8-11,14-15H2,1-3H3,(H,25,27)(H,26,31). The molecular weight excluding hydrogens is 422 g/mol. The van der Waals surface area contributed by atoms with Crippen LogP contribution in [0.1, 0.15) is 33.1 Å². The van der Waals surface area contributed by atoms with E-state index in [0.717, 1.165) is 17.1 Å². The number of H-pyrrole nitrogens is 1. The number of fused-ring (bicyclic) bond motifs is 1. The van der Waals surface area contributed by atoms with Gasteiger partial charge in [0.05, 0.1) is 20.8 Å². The second kappa shape index (κ2) is 9.91. The molecule has 3 heterocycles. The fraction of sp³-hybridized carbons (Fsp3) is 0.375. The van der Waals surface area contributed by atoms with E-state index in [0.29, 0.717) is 61.9 Å². The third kappa shape index (κ3) is 4.93. The summed E-state index contributed by atoms with van der Waals surface area (Å²) in [5.74, 6) is 1.60. The number of carbonyl (C=O) groups is 1. The van der Waals surface area contributed by atoms with Crippen LogP contribution in [-0.2, 0) is 26.1 Å². The minimum absolute atomic E-state index is 0.168. The summed E-state index contributed by atoms with van der Waals surface area (Å²) < 4.78 is 12.5. The highest BCUT2D eigenvalue weighted by molar-refractivity contribution is 5.98. The Labute approximate surface area is 192 Å². The van der Waals surface area contributed by atoms with Gasteiger partial charge in [0.1, 0.15) is 22.9 Å². The monoisotopic (exact) mass is 451 g/mol. The molecule has 0 aliphatic carbocycles. The van der Waals surface area contributed by atoms with E-state index in [-0.39, 0.29) is 11.5 Å². The number of rotatable bonds is 7. The van der Waals surface area contributed by atoms with Crippen molar-refractivity contribution in [3.63, 3.8) is 0 Å². The number of aromatic amines is 1. The smallest absolute Gasteiger partial charge is 0.257 e. The van der Waals surface area contributed by atoms with Gasteiger partial charge in [0.25, 0.3) is 11.5 Å². The van der Waals surface area contributed by atoms with E-state index in [4.69, 9.17) is 9.47 Å². The molecule has 174 valence electrons. The molecule has 1 amide bonds. The molecule has 0 fully saturated rings. The van der Waals surface area contributed by atoms with Gasteiger partial charge in [-0.05, 0) is 13.0 Å². The minimum atomic E-state index is -0.281. The summed E-state index contributed by atoms with van der Waals surface area (Å²) in [6.45, 7) is 4.79. The quantitative estimate of drug-likeness (QED) is 0.569. The molecule has 0 radical (unpaired) electrons. The number of ether oxygens (including phenoxy) is 2. The maximum atomic E-state index is 13.3. The molecule has 2 aromatic heterocycles. The van der Waals surface area contributed by atoms with Crippen LogP contribution in [0, 0.1) is 6.92 Å². The number of imidazole rings is 1. The highest BCUT2D eigenvalue weighted by atomic mass is 16.5. The van der Waals surface area contributed by atoms with Crippen molar-refractivity contribution in [1.82, 2.24) is 24.8 Å². The van der Waals surface area contributed by atoms with E-state index in [1.165, 1.54) is 13.2 Å². The van der Waals surface area contributed by atoms with Crippen LogP contribution in [0.4, 0.5) is 0 Å². The molecule has 9 heteroatoms. The van der Waals surface area contributed by atoms with Crippen LogP contribution < -0.4 is 20.3 Å². The molecule has 0 atom stereocenters. The van der Waals surface area contributed by atoms with Gasteiger partial charge >= 0.3 is 0 Å². The van der Waals surface area contributed by atoms with Crippen molar-refractivity contribution in [2.24, 2.45) is 0 Å². The summed E-state index contributed by atoms with van der Waals surface area (Å²) in [6.07, 6.45) is 2.35. The van der Waals surface area contributed by atoms with Crippen LogP contribution in [0.2, 0.25) is 0 Å². The molecule has 4 rings (SSSR count). The van der Waals surface area contributed by atoms with Gasteiger partial charge in [-0.3, -0.25) is 14.5 Å². The molecule has 3 aromatic rings. The van der Waals surface area contributed by atoms with Gasteiger partial charge < -0.3 is 24.3 Å². The summed E-state index contributed by atoms with van der Waals surface area (Å²) in [6, 6.07) is 8.93. The van der Waals surface area contributed by atoms with Crippen molar-refractivity contribution in [3.8, 4) is 11.5 Å². The summed E-state index contributed by atoms with van der Waals surface area (Å²) >= 11 is 0. The van der Waals surface area contributed by atoms with Crippen LogP contribution in [0.25, 0.3) is 0 Å². The number of pyridine rings is 1. The third-order valence-corrected chi connectivity index (χ3v) is 5.89. The second-order valence-corrected chi connectivity index (χ2v) is 8.06. The lowest BCUT2D eigenvalue weighted by Gasteiger charge is -2.17. The molecule has 1 aromatic carbocycles. The summed E-state index contributed by atoms with van der Waals surface area (Å²) in [7, 11) is 3.08. The number of aromatic nitrogens is 3. The van der Waals surface area contributed by atoms with Crippen LogP contribution in [-0.4, -0.2) is 52.7 Å². The number of para-hydroxylation sites is 1. The van der Waals surface area contributed by atoms with Gasteiger partial charge in [-0.25, -0.2) is 4.98 Å². The van der Waals surface area contributed by atoms with Gasteiger partial charge in [-0.1, -0.05) is 18.2 Å². The zero-order valence-electron chi connectivity index (χ0n) is 19.2. The molecule has 2 N–H and O–H groups in total. The van der Waals surface area contributed by atoms with E-state index in [1.807, 2.05) is 31.2 Å². The highest BCUT2D eigenvalue weighted by Gasteiger charge is 2.25. The van der Waals surface area contributed by atoms with Crippen LogP contribution in [0.3, 0.4) is 0 Å². The predicted molar refractivity (Wildman–Crippen MR) is 124 cm³/mol. The first-order valence-electron chi connectivity index (χ1n) is 10.9. The van der Waals surface area contributed by atoms with Gasteiger partial charge in [0.2, 0.25) is 0 Å². The summed E-state index contributed by atoms with van der Waals surface area (Å²) in [5.41, 5.74) is 2.81. The Hall–Kier alpha value is -3.59. The van der Waals surface area contributed by atoms with Crippen LogP contribution in [0.5, 0.6) is 11.5 Å². The van der Waals surface area contributed by atoms with E-state index >= 15 is 0 Å². The summed E-state index contributed by atoms with van der Waals surface area (Å²) in [5, 5.41) is 2.97. The molecule has 0 saturated heterocycles. The summed E-state index contributed by atoms with van der Waals surface area (Å²) in [4.78, 5) is 36.0. The Morgan fingerprint density at radius 3 is 2.67 bits per heavy atom. The second-order valence-electron chi connectivity index (χ2n) is 8.06. The number of benzene rings is 1. The van der Waals surface area contributed by atoms with E-state index in [1.54, 1.807) is 17.9 Å². The molecule has 0 unspecified atom stereocenters. The van der Waals surface area contributed by atoms with Gasteiger partial charge in [-0.15, -0.1) is 0 Å². The van der Waals surface area contributed by atoms with Crippen molar-refractivity contribution < 1.29 is 14.3 Å². The van der Waals surface area contributed by atoms with E-state index in [2.05, 4.69) is 20.2 Å². The van der Waals surface area contributed by atoms with Crippen molar-refractivity contribution in [2.75, 3.05) is 27.3 Å². The van der Waals surface area contributed by atoms with Crippen molar-refractivity contribution >= 4 is 5.91 Å². The fourth-order valence-electron chi connectivity index (χ4n) is 4.23. The lowest BCUT2D eigenvalue weighted by molar-refractivity contribution is 0.0945. The Balaban J connectivity index is 1.58. The number of hydrogen-bond acceptors (Lipinski definition) is 6. The molecule has 0 spiro atoms. The number of carbonyl (C=O) groups excluding carboxylic acids is 1. The zero-order valence-corrected chi connectivity index (χ0v) is 19.2. The first-order valence-corrected chi connectivity index (χ1v) is 10.9. The SMILES string of the molecule is COc1ccccc1CNC(=O)c1c(OC)cc(=O)n2c1CCN(Cc1ncc(C)[nH]1)CC2. The normalized spacial score (nSPS) is 13.8. The lowest BCUT2D eigenvalue weighted by atomic mass is 10.1. The Kier molecular flexibility index (Phi) is 6.79. The molecule has 9 nitrogen and oxygen atoms in total. The van der Waals surface area contributed by atoms with E-state index in [9.17, 15) is 9.59 Å². The fourth-order valence-corrected chi connectivity index (χ4v) is 4.23. The Morgan fingerprint density at radius 2 is 1.94 bits per heavy atom. The van der Waals surface area contributed by atoms with Gasteiger partial charge in [0, 0.05) is 61.8 Å². The molecular formula is C24H29N5O4. The van der Waals surface area contributed by atoms with E-state index < -0.39 is 0 Å². The molecule has 1 aliphatic heterocycles. The maximum absolute atomic E-state index is 13.3. The van der Waals surface area contributed by atoms with Crippen molar-refractivity contribution in [1.29, 1.82) is 0 Å². The molecule has 33 heavy (non-hydrogen) atoms. The van der Waals surface area contributed by atoms with Crippen molar-refractivity contribution in [2.45, 2.75) is 33.0 Å². The Bertz CT molecular complexity index is 1200. The topological polar surface area (TPSA) is 101 Å². The first-order chi connectivity index (χ1) is 16.0. The Morgan fingerprint density at radius 1 is 1.15 bits per heavy atom. The largest absolute Gasteiger partial charge is 0.496 e. The number of nitrogens with one attached hydrogen (secondary N) is 2. The average molecular weight is 452 g/mol. The average Bonchev–Trinajstić information content (AvgIpc) is 3.11. The van der Waals surface area contributed by atoms with Gasteiger partial charge in [0.15, 0.2) is 0 Å². The van der Waals surface area contributed by atoms with Crippen LogP contribution >= 0.6 is 0 Å². The molecule has 1 aliphatic rings. The predicted octanol–water partition coefficient (Wildman–Crippen LogP) is 1.89. The van der Waals surface area contributed by atoms with Gasteiger partial charge in [-0.2, -0.15) is 0 Å².